The smallest absolute Gasteiger partial charge is 0.239 e. The first-order chi connectivity index (χ1) is 6.72. The molecule has 0 aromatic carbocycles. The maximum Gasteiger partial charge on any atom is 0.239 e. The summed E-state index contributed by atoms with van der Waals surface area (Å²) in [5.74, 6) is 0.462. The van der Waals surface area contributed by atoms with Crippen molar-refractivity contribution < 1.29 is 4.79 Å². The summed E-state index contributed by atoms with van der Waals surface area (Å²) in [7, 11) is 1.80. The number of hydrogen-bond acceptors (Lipinski definition) is 3. The molecule has 0 aliphatic carbocycles. The first kappa shape index (κ1) is 10.5. The van der Waals surface area contributed by atoms with E-state index in [-0.39, 0.29) is 12.5 Å². The fourth-order valence-electron chi connectivity index (χ4n) is 0.957. The number of aryl methyl sites for hydroxylation is 1. The third kappa shape index (κ3) is 3.40. The van der Waals surface area contributed by atoms with Gasteiger partial charge in [-0.3, -0.25) is 9.48 Å². The monoisotopic (exact) mass is 194 g/mol. The van der Waals surface area contributed by atoms with E-state index >= 15 is 0 Å². The van der Waals surface area contributed by atoms with Crippen molar-refractivity contribution in [3.05, 3.63) is 24.9 Å². The molecule has 0 aliphatic rings. The van der Waals surface area contributed by atoms with Crippen molar-refractivity contribution >= 4 is 11.7 Å². The summed E-state index contributed by atoms with van der Waals surface area (Å²) in [6.45, 7) is 4.42. The van der Waals surface area contributed by atoms with Gasteiger partial charge in [-0.1, -0.05) is 6.08 Å². The molecule has 0 fully saturated rings. The molecule has 5 nitrogen and oxygen atoms in total. The van der Waals surface area contributed by atoms with E-state index in [1.807, 2.05) is 0 Å². The molecule has 5 heteroatoms. The van der Waals surface area contributed by atoms with Crippen molar-refractivity contribution in [1.29, 1.82) is 0 Å². The third-order valence-electron chi connectivity index (χ3n) is 1.56. The van der Waals surface area contributed by atoms with Gasteiger partial charge in [0.25, 0.3) is 0 Å². The van der Waals surface area contributed by atoms with Gasteiger partial charge in [0, 0.05) is 25.9 Å². The molecule has 0 aliphatic heterocycles. The minimum atomic E-state index is -0.106. The van der Waals surface area contributed by atoms with Gasteiger partial charge in [0.2, 0.25) is 5.91 Å². The maximum atomic E-state index is 11.2. The van der Waals surface area contributed by atoms with Gasteiger partial charge in [-0.25, -0.2) is 0 Å². The molecule has 14 heavy (non-hydrogen) atoms. The number of aromatic nitrogens is 2. The van der Waals surface area contributed by atoms with Crippen LogP contribution in [0.15, 0.2) is 24.9 Å². The average molecular weight is 194 g/mol. The Bertz CT molecular complexity index is 318. The zero-order valence-electron chi connectivity index (χ0n) is 8.16. The molecule has 0 atom stereocenters. The van der Waals surface area contributed by atoms with Crippen molar-refractivity contribution in [2.24, 2.45) is 7.05 Å². The second-order valence-electron chi connectivity index (χ2n) is 2.84. The second kappa shape index (κ2) is 5.18. The molecule has 1 aromatic rings. The van der Waals surface area contributed by atoms with Crippen LogP contribution in [-0.2, 0) is 11.8 Å². The summed E-state index contributed by atoms with van der Waals surface area (Å²) in [4.78, 5) is 11.2. The SMILES string of the molecule is C=CCNCC(=O)Nc1ccn(C)n1. The molecular weight excluding hydrogens is 180 g/mol. The number of nitrogens with one attached hydrogen (secondary N) is 2. The van der Waals surface area contributed by atoms with Gasteiger partial charge in [0.1, 0.15) is 0 Å². The molecule has 0 unspecified atom stereocenters. The Morgan fingerprint density at radius 1 is 1.79 bits per heavy atom. The molecule has 0 saturated carbocycles. The van der Waals surface area contributed by atoms with Crippen LogP contribution in [0.1, 0.15) is 0 Å². The van der Waals surface area contributed by atoms with Crippen molar-refractivity contribution in [3.8, 4) is 0 Å². The van der Waals surface area contributed by atoms with Crippen LogP contribution < -0.4 is 10.6 Å². The minimum absolute atomic E-state index is 0.106. The minimum Gasteiger partial charge on any atom is -0.308 e. The molecule has 76 valence electrons. The van der Waals surface area contributed by atoms with E-state index in [9.17, 15) is 4.79 Å². The van der Waals surface area contributed by atoms with E-state index in [2.05, 4.69) is 22.3 Å². The number of anilines is 1. The molecule has 1 amide bonds. The van der Waals surface area contributed by atoms with Gasteiger partial charge in [0.05, 0.1) is 6.54 Å². The van der Waals surface area contributed by atoms with E-state index in [1.54, 1.807) is 30.1 Å². The lowest BCUT2D eigenvalue weighted by Gasteiger charge is -2.01. The Morgan fingerprint density at radius 3 is 3.14 bits per heavy atom. The highest BCUT2D eigenvalue weighted by Gasteiger charge is 2.02. The number of carbonyl (C=O) groups excluding carboxylic acids is 1. The molecule has 0 saturated heterocycles. The van der Waals surface area contributed by atoms with Crippen LogP contribution in [0.3, 0.4) is 0 Å². The standard InChI is InChI=1S/C9H14N4O/c1-3-5-10-7-9(14)11-8-4-6-13(2)12-8/h3-4,6,10H,1,5,7H2,2H3,(H,11,12,14). The predicted octanol–water partition coefficient (Wildman–Crippen LogP) is 0.134. The zero-order valence-corrected chi connectivity index (χ0v) is 8.16. The fraction of sp³-hybridized carbons (Fsp3) is 0.333. The third-order valence-corrected chi connectivity index (χ3v) is 1.56. The molecule has 0 spiro atoms. The average Bonchev–Trinajstić information content (AvgIpc) is 2.52. The quantitative estimate of drug-likeness (QED) is 0.517. The van der Waals surface area contributed by atoms with Crippen LogP contribution in [0.4, 0.5) is 5.82 Å². The van der Waals surface area contributed by atoms with E-state index in [4.69, 9.17) is 0 Å². The normalized spacial score (nSPS) is 9.79. The molecule has 1 aromatic heterocycles. The highest BCUT2D eigenvalue weighted by atomic mass is 16.2. The molecular formula is C9H14N4O. The Hall–Kier alpha value is -1.62. The van der Waals surface area contributed by atoms with Crippen LogP contribution in [0, 0.1) is 0 Å². The van der Waals surface area contributed by atoms with Crippen molar-refractivity contribution in [2.75, 3.05) is 18.4 Å². The van der Waals surface area contributed by atoms with E-state index in [1.165, 1.54) is 0 Å². The summed E-state index contributed by atoms with van der Waals surface area (Å²) >= 11 is 0. The highest BCUT2D eigenvalue weighted by molar-refractivity contribution is 5.91. The van der Waals surface area contributed by atoms with Crippen molar-refractivity contribution in [3.63, 3.8) is 0 Å². The highest BCUT2D eigenvalue weighted by Crippen LogP contribution is 1.99. The fourth-order valence-corrected chi connectivity index (χ4v) is 0.957. The number of hydrogen-bond donors (Lipinski definition) is 2. The maximum absolute atomic E-state index is 11.2. The molecule has 1 heterocycles. The van der Waals surface area contributed by atoms with Gasteiger partial charge in [-0.15, -0.1) is 6.58 Å². The summed E-state index contributed by atoms with van der Waals surface area (Å²) < 4.78 is 1.63. The predicted molar refractivity (Wildman–Crippen MR) is 54.9 cm³/mol. The summed E-state index contributed by atoms with van der Waals surface area (Å²) in [5.41, 5.74) is 0. The van der Waals surface area contributed by atoms with Crippen LogP contribution in [-0.4, -0.2) is 28.8 Å². The van der Waals surface area contributed by atoms with Crippen LogP contribution in [0.2, 0.25) is 0 Å². The van der Waals surface area contributed by atoms with Crippen molar-refractivity contribution in [2.45, 2.75) is 0 Å². The summed E-state index contributed by atoms with van der Waals surface area (Å²) in [5, 5.41) is 9.57. The number of nitrogens with zero attached hydrogens (tertiary/aromatic N) is 2. The lowest BCUT2D eigenvalue weighted by molar-refractivity contribution is -0.115. The Labute approximate surface area is 82.8 Å². The lowest BCUT2D eigenvalue weighted by atomic mass is 10.5. The topological polar surface area (TPSA) is 59.0 Å². The van der Waals surface area contributed by atoms with Gasteiger partial charge >= 0.3 is 0 Å². The van der Waals surface area contributed by atoms with Crippen molar-refractivity contribution in [1.82, 2.24) is 15.1 Å². The molecule has 2 N–H and O–H groups in total. The Balaban J connectivity index is 2.30. The van der Waals surface area contributed by atoms with Gasteiger partial charge in [-0.2, -0.15) is 5.10 Å². The largest absolute Gasteiger partial charge is 0.308 e. The van der Waals surface area contributed by atoms with Crippen LogP contribution >= 0.6 is 0 Å². The van der Waals surface area contributed by atoms with Gasteiger partial charge in [-0.05, 0) is 0 Å². The van der Waals surface area contributed by atoms with Crippen LogP contribution in [0.5, 0.6) is 0 Å². The summed E-state index contributed by atoms with van der Waals surface area (Å²) in [6, 6.07) is 1.74. The van der Waals surface area contributed by atoms with E-state index < -0.39 is 0 Å². The number of carbonyl (C=O) groups is 1. The first-order valence-corrected chi connectivity index (χ1v) is 4.33. The zero-order chi connectivity index (χ0) is 10.4. The van der Waals surface area contributed by atoms with Gasteiger partial charge < -0.3 is 10.6 Å². The first-order valence-electron chi connectivity index (χ1n) is 4.33. The Kier molecular flexibility index (Phi) is 3.87. The second-order valence-corrected chi connectivity index (χ2v) is 2.84. The number of amides is 1. The van der Waals surface area contributed by atoms with E-state index in [0.717, 1.165) is 0 Å². The van der Waals surface area contributed by atoms with E-state index in [0.29, 0.717) is 12.4 Å². The number of rotatable bonds is 5. The molecule has 0 radical (unpaired) electrons. The molecule has 1 rings (SSSR count). The van der Waals surface area contributed by atoms with Gasteiger partial charge in [0.15, 0.2) is 5.82 Å². The molecule has 0 bridgehead atoms. The summed E-state index contributed by atoms with van der Waals surface area (Å²) in [6.07, 6.45) is 3.47. The lowest BCUT2D eigenvalue weighted by Crippen LogP contribution is -2.28. The Morgan fingerprint density at radius 2 is 2.57 bits per heavy atom. The van der Waals surface area contributed by atoms with Crippen LogP contribution in [0.25, 0.3) is 0 Å².